The fourth-order valence-corrected chi connectivity index (χ4v) is 4.51. The van der Waals surface area contributed by atoms with E-state index in [1.807, 2.05) is 61.6 Å². The average molecular weight is 539 g/mol. The summed E-state index contributed by atoms with van der Waals surface area (Å²) in [6.45, 7) is 5.68. The second-order valence-corrected chi connectivity index (χ2v) is 10.4. The maximum atomic E-state index is 12.8. The van der Waals surface area contributed by atoms with Gasteiger partial charge < -0.3 is 20.7 Å². The second-order valence-electron chi connectivity index (χ2n) is 10.4. The SMILES string of the molecule is Cn1ncc(NC(=O)[CH]CCNC(=O)OC(C)(C)C)c1NC(c1ccccc1)(c1ccccc1)c1ccccc1. The number of rotatable bonds is 10. The van der Waals surface area contributed by atoms with E-state index in [0.29, 0.717) is 17.9 Å². The molecule has 1 aromatic heterocycles. The Balaban J connectivity index is 1.59. The van der Waals surface area contributed by atoms with Gasteiger partial charge in [-0.3, -0.25) is 9.48 Å². The molecule has 4 rings (SSSR count). The number of nitrogens with zero attached hydrogens (tertiary/aromatic N) is 2. The number of carbonyl (C=O) groups excluding carboxylic acids is 2. The van der Waals surface area contributed by atoms with Crippen molar-refractivity contribution in [2.45, 2.75) is 38.3 Å². The van der Waals surface area contributed by atoms with Gasteiger partial charge in [0.05, 0.1) is 12.6 Å². The van der Waals surface area contributed by atoms with Crippen molar-refractivity contribution in [3.8, 4) is 0 Å². The van der Waals surface area contributed by atoms with E-state index in [9.17, 15) is 9.59 Å². The summed E-state index contributed by atoms with van der Waals surface area (Å²) < 4.78 is 6.94. The van der Waals surface area contributed by atoms with Gasteiger partial charge in [0.15, 0.2) is 0 Å². The van der Waals surface area contributed by atoms with Crippen LogP contribution in [0.5, 0.6) is 0 Å². The van der Waals surface area contributed by atoms with Crippen molar-refractivity contribution < 1.29 is 14.3 Å². The third-order valence-electron chi connectivity index (χ3n) is 6.27. The van der Waals surface area contributed by atoms with Crippen molar-refractivity contribution in [3.63, 3.8) is 0 Å². The number of aromatic nitrogens is 2. The summed E-state index contributed by atoms with van der Waals surface area (Å²) in [6.07, 6.45) is 2.95. The topological polar surface area (TPSA) is 97.3 Å². The molecule has 0 saturated carbocycles. The van der Waals surface area contributed by atoms with Crippen LogP contribution in [0.25, 0.3) is 0 Å². The summed E-state index contributed by atoms with van der Waals surface area (Å²) >= 11 is 0. The lowest BCUT2D eigenvalue weighted by atomic mass is 9.77. The van der Waals surface area contributed by atoms with E-state index in [0.717, 1.165) is 16.7 Å². The van der Waals surface area contributed by atoms with Gasteiger partial charge in [0, 0.05) is 13.6 Å². The molecule has 207 valence electrons. The van der Waals surface area contributed by atoms with E-state index in [-0.39, 0.29) is 12.5 Å². The normalized spacial score (nSPS) is 11.5. The molecule has 40 heavy (non-hydrogen) atoms. The highest BCUT2D eigenvalue weighted by Gasteiger charge is 2.37. The summed E-state index contributed by atoms with van der Waals surface area (Å²) in [5, 5.41) is 13.8. The van der Waals surface area contributed by atoms with Crippen LogP contribution in [0.2, 0.25) is 0 Å². The van der Waals surface area contributed by atoms with Gasteiger partial charge in [0.2, 0.25) is 5.91 Å². The van der Waals surface area contributed by atoms with Crippen LogP contribution in [0.15, 0.2) is 97.2 Å². The molecule has 0 fully saturated rings. The molecule has 0 bridgehead atoms. The van der Waals surface area contributed by atoms with Crippen molar-refractivity contribution in [1.82, 2.24) is 15.1 Å². The molecule has 0 atom stereocenters. The molecule has 3 N–H and O–H groups in total. The molecule has 0 aliphatic carbocycles. The van der Waals surface area contributed by atoms with Crippen molar-refractivity contribution in [2.75, 3.05) is 17.2 Å². The first-order valence-corrected chi connectivity index (χ1v) is 13.3. The Morgan fingerprint density at radius 3 is 1.82 bits per heavy atom. The number of carbonyl (C=O) groups is 2. The van der Waals surface area contributed by atoms with Gasteiger partial charge >= 0.3 is 6.09 Å². The predicted octanol–water partition coefficient (Wildman–Crippen LogP) is 5.88. The molecule has 4 aromatic rings. The van der Waals surface area contributed by atoms with E-state index in [2.05, 4.69) is 57.4 Å². The number of alkyl carbamates (subject to hydrolysis) is 1. The molecule has 0 spiro atoms. The zero-order chi connectivity index (χ0) is 28.6. The Bertz CT molecular complexity index is 1300. The monoisotopic (exact) mass is 538 g/mol. The fraction of sp³-hybridized carbons (Fsp3) is 0.250. The molecule has 3 aromatic carbocycles. The highest BCUT2D eigenvalue weighted by atomic mass is 16.6. The Morgan fingerprint density at radius 2 is 1.35 bits per heavy atom. The van der Waals surface area contributed by atoms with Crippen molar-refractivity contribution >= 4 is 23.5 Å². The van der Waals surface area contributed by atoms with Crippen molar-refractivity contribution in [1.29, 1.82) is 0 Å². The standard InChI is InChI=1S/C32H36N5O3/c1-31(2,3)40-30(39)33-22-14-21-28(38)35-27-23-34-37(4)29(27)36-32(24-15-8-5-9-16-24,25-17-10-6-11-18-25)26-19-12-7-13-20-26/h5-13,15-21,23,36H,14,22H2,1-4H3,(H,33,39)(H,35,38). The highest BCUT2D eigenvalue weighted by Crippen LogP contribution is 2.41. The van der Waals surface area contributed by atoms with E-state index in [1.165, 1.54) is 6.42 Å². The van der Waals surface area contributed by atoms with E-state index >= 15 is 0 Å². The van der Waals surface area contributed by atoms with Crippen LogP contribution >= 0.6 is 0 Å². The molecular weight excluding hydrogens is 502 g/mol. The third kappa shape index (κ3) is 6.88. The number of ether oxygens (including phenoxy) is 1. The summed E-state index contributed by atoms with van der Waals surface area (Å²) in [5.41, 5.74) is 2.28. The number of hydrogen-bond donors (Lipinski definition) is 3. The fourth-order valence-electron chi connectivity index (χ4n) is 4.51. The number of amides is 2. The van der Waals surface area contributed by atoms with Gasteiger partial charge in [-0.15, -0.1) is 0 Å². The molecule has 0 aliphatic rings. The molecule has 2 amide bonds. The van der Waals surface area contributed by atoms with Gasteiger partial charge in [0.25, 0.3) is 0 Å². The van der Waals surface area contributed by atoms with E-state index < -0.39 is 17.2 Å². The van der Waals surface area contributed by atoms with Gasteiger partial charge in [0.1, 0.15) is 22.6 Å². The summed E-state index contributed by atoms with van der Waals surface area (Å²) in [5.74, 6) is 0.344. The predicted molar refractivity (Wildman–Crippen MR) is 158 cm³/mol. The first kappa shape index (κ1) is 28.4. The van der Waals surface area contributed by atoms with Crippen LogP contribution in [0, 0.1) is 6.42 Å². The number of aryl methyl sites for hydroxylation is 1. The number of hydrogen-bond acceptors (Lipinski definition) is 5. The molecule has 0 saturated heterocycles. The maximum absolute atomic E-state index is 12.8. The van der Waals surface area contributed by atoms with Crippen LogP contribution in [-0.4, -0.2) is 33.9 Å². The zero-order valence-electron chi connectivity index (χ0n) is 23.3. The lowest BCUT2D eigenvalue weighted by Gasteiger charge is -2.38. The Kier molecular flexibility index (Phi) is 8.89. The minimum absolute atomic E-state index is 0.277. The number of nitrogens with one attached hydrogen (secondary N) is 3. The van der Waals surface area contributed by atoms with Gasteiger partial charge in [-0.2, -0.15) is 5.10 Å². The summed E-state index contributed by atoms with van der Waals surface area (Å²) in [4.78, 5) is 24.7. The molecule has 0 aliphatic heterocycles. The van der Waals surface area contributed by atoms with E-state index in [4.69, 9.17) is 4.74 Å². The number of benzene rings is 3. The summed E-state index contributed by atoms with van der Waals surface area (Å²) in [7, 11) is 1.83. The quantitative estimate of drug-likeness (QED) is 0.173. The Morgan fingerprint density at radius 1 is 0.850 bits per heavy atom. The molecule has 0 unspecified atom stereocenters. The van der Waals surface area contributed by atoms with Crippen molar-refractivity contribution in [3.05, 3.63) is 120 Å². The first-order valence-electron chi connectivity index (χ1n) is 13.3. The smallest absolute Gasteiger partial charge is 0.407 e. The number of anilines is 2. The second kappa shape index (κ2) is 12.5. The molecular formula is C32H36N5O3. The van der Waals surface area contributed by atoms with Crippen LogP contribution < -0.4 is 16.0 Å². The highest BCUT2D eigenvalue weighted by molar-refractivity contribution is 5.99. The summed E-state index contributed by atoms with van der Waals surface area (Å²) in [6, 6.07) is 30.6. The Labute approximate surface area is 235 Å². The molecule has 1 radical (unpaired) electrons. The minimum Gasteiger partial charge on any atom is -0.444 e. The van der Waals surface area contributed by atoms with Gasteiger partial charge in [-0.05, 0) is 43.9 Å². The molecule has 1 heterocycles. The largest absolute Gasteiger partial charge is 0.444 e. The van der Waals surface area contributed by atoms with E-state index in [1.54, 1.807) is 31.6 Å². The van der Waals surface area contributed by atoms with Gasteiger partial charge in [-0.1, -0.05) is 91.0 Å². The minimum atomic E-state index is -0.780. The lowest BCUT2D eigenvalue weighted by molar-refractivity contribution is -0.113. The lowest BCUT2D eigenvalue weighted by Crippen LogP contribution is -2.39. The first-order chi connectivity index (χ1) is 19.2. The third-order valence-corrected chi connectivity index (χ3v) is 6.27. The maximum Gasteiger partial charge on any atom is 0.407 e. The van der Waals surface area contributed by atoms with Crippen LogP contribution in [0.1, 0.15) is 43.9 Å². The zero-order valence-corrected chi connectivity index (χ0v) is 23.3. The Hall–Kier alpha value is -4.59. The molecule has 8 nitrogen and oxygen atoms in total. The van der Waals surface area contributed by atoms with Crippen molar-refractivity contribution in [2.24, 2.45) is 7.05 Å². The average Bonchev–Trinajstić information content (AvgIpc) is 3.28. The van der Waals surface area contributed by atoms with Crippen LogP contribution in [0.4, 0.5) is 16.3 Å². The van der Waals surface area contributed by atoms with Gasteiger partial charge in [-0.25, -0.2) is 4.79 Å². The van der Waals surface area contributed by atoms with Crippen LogP contribution in [-0.2, 0) is 22.1 Å². The molecule has 8 heteroatoms. The van der Waals surface area contributed by atoms with Crippen LogP contribution in [0.3, 0.4) is 0 Å².